The quantitative estimate of drug-likeness (QED) is 0.462. The number of β-amino-alcohol motifs (C(OH)–C–C–N with tert-alkyl or cyclic N) is 1. The van der Waals surface area contributed by atoms with Crippen molar-refractivity contribution in [2.75, 3.05) is 44.6 Å². The Morgan fingerprint density at radius 1 is 0.971 bits per heavy atom. The van der Waals surface area contributed by atoms with Crippen LogP contribution in [0.1, 0.15) is 27.5 Å². The molecule has 0 aliphatic carbocycles. The number of benzene rings is 3. The third-order valence-electron chi connectivity index (χ3n) is 6.14. The van der Waals surface area contributed by atoms with Crippen LogP contribution in [0.15, 0.2) is 72.8 Å². The van der Waals surface area contributed by atoms with Crippen molar-refractivity contribution in [1.82, 2.24) is 9.80 Å². The second kappa shape index (κ2) is 11.6. The Balaban J connectivity index is 1.62. The van der Waals surface area contributed by atoms with Crippen molar-refractivity contribution in [3.8, 4) is 0 Å². The fourth-order valence-electron chi connectivity index (χ4n) is 4.32. The first-order valence-electron chi connectivity index (χ1n) is 11.5. The fourth-order valence-corrected chi connectivity index (χ4v) is 4.49. The molecule has 8 heteroatoms. The smallest absolute Gasteiger partial charge is 0.246 e. The number of amides is 1. The molecule has 1 aliphatic rings. The zero-order valence-corrected chi connectivity index (χ0v) is 19.9. The van der Waals surface area contributed by atoms with Crippen molar-refractivity contribution in [3.05, 3.63) is 100 Å². The van der Waals surface area contributed by atoms with Gasteiger partial charge in [0.05, 0.1) is 12.3 Å². The van der Waals surface area contributed by atoms with Crippen molar-refractivity contribution < 1.29 is 19.1 Å². The molecule has 0 saturated carbocycles. The molecule has 1 amide bonds. The SMILES string of the molecule is O=C(c1ccccc1)c1cc(Cl)ccc1NC(=O)C(c1ccc(F)cc1)N1CCN(CCO)CC1. The zero-order chi connectivity index (χ0) is 24.8. The van der Waals surface area contributed by atoms with E-state index in [-0.39, 0.29) is 24.1 Å². The van der Waals surface area contributed by atoms with E-state index < -0.39 is 6.04 Å². The Labute approximate surface area is 208 Å². The van der Waals surface area contributed by atoms with Gasteiger partial charge in [-0.2, -0.15) is 0 Å². The van der Waals surface area contributed by atoms with Crippen LogP contribution in [0.5, 0.6) is 0 Å². The van der Waals surface area contributed by atoms with Crippen LogP contribution in [0.25, 0.3) is 0 Å². The molecule has 4 rings (SSSR count). The number of rotatable bonds is 8. The van der Waals surface area contributed by atoms with Crippen molar-refractivity contribution in [2.45, 2.75) is 6.04 Å². The molecule has 0 spiro atoms. The molecule has 1 fully saturated rings. The van der Waals surface area contributed by atoms with Gasteiger partial charge in [0, 0.05) is 48.9 Å². The van der Waals surface area contributed by atoms with Gasteiger partial charge in [-0.1, -0.05) is 54.1 Å². The van der Waals surface area contributed by atoms with Crippen LogP contribution in [-0.2, 0) is 4.79 Å². The maximum absolute atomic E-state index is 13.7. The molecule has 0 radical (unpaired) electrons. The van der Waals surface area contributed by atoms with E-state index in [9.17, 15) is 19.1 Å². The first-order valence-corrected chi connectivity index (χ1v) is 11.9. The van der Waals surface area contributed by atoms with E-state index in [0.717, 1.165) is 0 Å². The monoisotopic (exact) mass is 495 g/mol. The minimum absolute atomic E-state index is 0.0800. The second-order valence-electron chi connectivity index (χ2n) is 8.43. The molecule has 0 aromatic heterocycles. The van der Waals surface area contributed by atoms with Crippen molar-refractivity contribution in [1.29, 1.82) is 0 Å². The van der Waals surface area contributed by atoms with E-state index in [1.807, 2.05) is 11.0 Å². The molecule has 3 aromatic rings. The van der Waals surface area contributed by atoms with E-state index in [0.29, 0.717) is 60.1 Å². The number of aliphatic hydroxyl groups excluding tert-OH is 1. The van der Waals surface area contributed by atoms with E-state index in [2.05, 4.69) is 10.2 Å². The normalized spacial score (nSPS) is 15.5. The maximum Gasteiger partial charge on any atom is 0.246 e. The Kier molecular flexibility index (Phi) is 8.25. The fraction of sp³-hybridized carbons (Fsp3) is 0.259. The highest BCUT2D eigenvalue weighted by atomic mass is 35.5. The summed E-state index contributed by atoms with van der Waals surface area (Å²) in [5, 5.41) is 12.5. The van der Waals surface area contributed by atoms with Gasteiger partial charge in [-0.25, -0.2) is 4.39 Å². The van der Waals surface area contributed by atoms with E-state index in [1.165, 1.54) is 12.1 Å². The Hall–Kier alpha value is -3.10. The lowest BCUT2D eigenvalue weighted by atomic mass is 10.00. The largest absolute Gasteiger partial charge is 0.395 e. The summed E-state index contributed by atoms with van der Waals surface area (Å²) in [7, 11) is 0. The first kappa shape index (κ1) is 25.0. The average molecular weight is 496 g/mol. The minimum Gasteiger partial charge on any atom is -0.395 e. The number of hydrogen-bond acceptors (Lipinski definition) is 5. The molecule has 182 valence electrons. The molecule has 3 aromatic carbocycles. The molecule has 35 heavy (non-hydrogen) atoms. The van der Waals surface area contributed by atoms with Crippen LogP contribution < -0.4 is 5.32 Å². The average Bonchev–Trinajstić information content (AvgIpc) is 2.88. The standard InChI is InChI=1S/C27H27ClFN3O3/c28-21-8-11-24(23(18-21)26(34)20-4-2-1-3-5-20)30-27(35)25(19-6-9-22(29)10-7-19)32-14-12-31(13-15-32)16-17-33/h1-11,18,25,33H,12-17H2,(H,30,35). The number of halogens is 2. The summed E-state index contributed by atoms with van der Waals surface area (Å²) in [5.41, 5.74) is 1.80. The van der Waals surface area contributed by atoms with Gasteiger partial charge in [-0.05, 0) is 35.9 Å². The number of carbonyl (C=O) groups is 2. The van der Waals surface area contributed by atoms with Crippen LogP contribution in [0.3, 0.4) is 0 Å². The number of nitrogens with one attached hydrogen (secondary N) is 1. The van der Waals surface area contributed by atoms with Gasteiger partial charge in [0.15, 0.2) is 5.78 Å². The third-order valence-corrected chi connectivity index (χ3v) is 6.38. The summed E-state index contributed by atoms with van der Waals surface area (Å²) in [6, 6.07) is 18.8. The van der Waals surface area contributed by atoms with Crippen LogP contribution in [-0.4, -0.2) is 65.9 Å². The Morgan fingerprint density at radius 3 is 2.31 bits per heavy atom. The summed E-state index contributed by atoms with van der Waals surface area (Å²) < 4.78 is 13.6. The molecular formula is C27H27ClFN3O3. The Bertz CT molecular complexity index is 1170. The summed E-state index contributed by atoms with van der Waals surface area (Å²) >= 11 is 6.19. The summed E-state index contributed by atoms with van der Waals surface area (Å²) in [4.78, 5) is 31.0. The van der Waals surface area contributed by atoms with Gasteiger partial charge in [0.25, 0.3) is 0 Å². The Morgan fingerprint density at radius 2 is 1.66 bits per heavy atom. The lowest BCUT2D eigenvalue weighted by molar-refractivity contribution is -0.122. The summed E-state index contributed by atoms with van der Waals surface area (Å²) in [5.74, 6) is -0.954. The maximum atomic E-state index is 13.7. The minimum atomic E-state index is -0.678. The van der Waals surface area contributed by atoms with E-state index in [4.69, 9.17) is 11.6 Å². The van der Waals surface area contributed by atoms with Gasteiger partial charge >= 0.3 is 0 Å². The molecule has 1 heterocycles. The van der Waals surface area contributed by atoms with Gasteiger partial charge < -0.3 is 10.4 Å². The highest BCUT2D eigenvalue weighted by molar-refractivity contribution is 6.31. The molecule has 6 nitrogen and oxygen atoms in total. The predicted octanol–water partition coefficient (Wildman–Crippen LogP) is 4.00. The number of piperazine rings is 1. The van der Waals surface area contributed by atoms with Crippen LogP contribution >= 0.6 is 11.6 Å². The summed E-state index contributed by atoms with van der Waals surface area (Å²) in [6.45, 7) is 3.26. The zero-order valence-electron chi connectivity index (χ0n) is 19.2. The lowest BCUT2D eigenvalue weighted by Crippen LogP contribution is -2.50. The molecule has 2 N–H and O–H groups in total. The van der Waals surface area contributed by atoms with Gasteiger partial charge in [-0.3, -0.25) is 19.4 Å². The van der Waals surface area contributed by atoms with Crippen LogP contribution in [0, 0.1) is 5.82 Å². The van der Waals surface area contributed by atoms with Gasteiger partial charge in [-0.15, -0.1) is 0 Å². The first-order chi connectivity index (χ1) is 17.0. The number of ketones is 1. The van der Waals surface area contributed by atoms with E-state index in [1.54, 1.807) is 54.6 Å². The van der Waals surface area contributed by atoms with E-state index >= 15 is 0 Å². The molecular weight excluding hydrogens is 469 g/mol. The lowest BCUT2D eigenvalue weighted by Gasteiger charge is -2.38. The number of carbonyl (C=O) groups excluding carboxylic acids is 2. The van der Waals surface area contributed by atoms with Gasteiger partial charge in [0.2, 0.25) is 5.91 Å². The number of aliphatic hydroxyl groups is 1. The topological polar surface area (TPSA) is 72.9 Å². The van der Waals surface area contributed by atoms with Crippen LogP contribution in [0.4, 0.5) is 10.1 Å². The highest BCUT2D eigenvalue weighted by Gasteiger charge is 2.31. The predicted molar refractivity (Wildman–Crippen MR) is 134 cm³/mol. The highest BCUT2D eigenvalue weighted by Crippen LogP contribution is 2.28. The van der Waals surface area contributed by atoms with Crippen LogP contribution in [0.2, 0.25) is 5.02 Å². The number of nitrogens with zero attached hydrogens (tertiary/aromatic N) is 2. The second-order valence-corrected chi connectivity index (χ2v) is 8.87. The van der Waals surface area contributed by atoms with Crippen molar-refractivity contribution in [2.24, 2.45) is 0 Å². The molecule has 0 bridgehead atoms. The molecule has 1 unspecified atom stereocenters. The number of hydrogen-bond donors (Lipinski definition) is 2. The number of anilines is 1. The molecule has 1 atom stereocenters. The van der Waals surface area contributed by atoms with Crippen molar-refractivity contribution >= 4 is 29.0 Å². The molecule has 1 saturated heterocycles. The summed E-state index contributed by atoms with van der Waals surface area (Å²) in [6.07, 6.45) is 0. The van der Waals surface area contributed by atoms with Crippen molar-refractivity contribution in [3.63, 3.8) is 0 Å². The van der Waals surface area contributed by atoms with Gasteiger partial charge in [0.1, 0.15) is 11.9 Å². The molecule has 1 aliphatic heterocycles. The third kappa shape index (κ3) is 6.13.